The maximum Gasteiger partial charge on any atom is 0.154 e. The van der Waals surface area contributed by atoms with Crippen molar-refractivity contribution in [2.24, 2.45) is 10.7 Å². The Bertz CT molecular complexity index is 403. The topological polar surface area (TPSA) is 64.4 Å². The number of thioether (sulfide) groups is 1. The molecule has 0 saturated heterocycles. The van der Waals surface area contributed by atoms with Crippen LogP contribution in [-0.2, 0) is 5.54 Å². The van der Waals surface area contributed by atoms with E-state index in [4.69, 9.17) is 11.5 Å². The van der Waals surface area contributed by atoms with E-state index in [2.05, 4.69) is 18.0 Å². The van der Waals surface area contributed by atoms with Crippen molar-refractivity contribution in [2.75, 3.05) is 11.5 Å². The van der Waals surface area contributed by atoms with Crippen LogP contribution in [0.1, 0.15) is 18.9 Å². The summed E-state index contributed by atoms with van der Waals surface area (Å²) in [5.41, 5.74) is 13.3. The highest BCUT2D eigenvalue weighted by Crippen LogP contribution is 2.35. The van der Waals surface area contributed by atoms with Crippen molar-refractivity contribution in [3.63, 3.8) is 0 Å². The van der Waals surface area contributed by atoms with E-state index < -0.39 is 0 Å². The van der Waals surface area contributed by atoms with Gasteiger partial charge in [-0.2, -0.15) is 0 Å². The predicted octanol–water partition coefficient (Wildman–Crippen LogP) is 1.94. The molecule has 0 spiro atoms. The second-order valence-corrected chi connectivity index (χ2v) is 5.06. The van der Waals surface area contributed by atoms with E-state index in [0.717, 1.165) is 23.4 Å². The van der Waals surface area contributed by atoms with Gasteiger partial charge in [0.15, 0.2) is 5.17 Å². The van der Waals surface area contributed by atoms with Crippen LogP contribution in [-0.4, -0.2) is 10.9 Å². The zero-order chi connectivity index (χ0) is 10.9. The maximum absolute atomic E-state index is 5.77. The molecule has 0 bridgehead atoms. The zero-order valence-electron chi connectivity index (χ0n) is 8.73. The Balaban J connectivity index is 2.41. The molecule has 1 atom stereocenters. The molecule has 1 aromatic carbocycles. The van der Waals surface area contributed by atoms with Crippen LogP contribution in [0.3, 0.4) is 0 Å². The Kier molecular flexibility index (Phi) is 2.61. The molecule has 2 rings (SSSR count). The summed E-state index contributed by atoms with van der Waals surface area (Å²) in [6, 6.07) is 7.89. The van der Waals surface area contributed by atoms with Crippen molar-refractivity contribution < 1.29 is 0 Å². The van der Waals surface area contributed by atoms with Crippen LogP contribution in [0.5, 0.6) is 0 Å². The lowest BCUT2D eigenvalue weighted by Gasteiger charge is -2.29. The molecule has 1 aliphatic rings. The molecule has 4 N–H and O–H groups in total. The first-order chi connectivity index (χ1) is 7.10. The Hall–Kier alpha value is -1.16. The molecule has 0 saturated carbocycles. The SMILES string of the molecule is C[C@@]1(c2cccc(N)c2)CCSC(N)=N1. The van der Waals surface area contributed by atoms with Crippen LogP contribution in [0.25, 0.3) is 0 Å². The minimum absolute atomic E-state index is 0.204. The van der Waals surface area contributed by atoms with Crippen LogP contribution in [0.4, 0.5) is 5.69 Å². The Labute approximate surface area is 93.9 Å². The summed E-state index contributed by atoms with van der Waals surface area (Å²) in [4.78, 5) is 4.53. The van der Waals surface area contributed by atoms with Gasteiger partial charge in [-0.15, -0.1) is 0 Å². The zero-order valence-corrected chi connectivity index (χ0v) is 9.55. The summed E-state index contributed by atoms with van der Waals surface area (Å²) < 4.78 is 0. The molecular weight excluding hydrogens is 206 g/mol. The van der Waals surface area contributed by atoms with Crippen LogP contribution in [0, 0.1) is 0 Å². The highest BCUT2D eigenvalue weighted by atomic mass is 32.2. The molecule has 0 fully saturated rings. The lowest BCUT2D eigenvalue weighted by molar-refractivity contribution is 0.482. The normalized spacial score (nSPS) is 26.1. The van der Waals surface area contributed by atoms with E-state index in [1.807, 2.05) is 18.2 Å². The van der Waals surface area contributed by atoms with Crippen LogP contribution < -0.4 is 11.5 Å². The molecule has 3 nitrogen and oxygen atoms in total. The van der Waals surface area contributed by atoms with E-state index in [1.165, 1.54) is 0 Å². The number of nitrogens with two attached hydrogens (primary N) is 2. The lowest BCUT2D eigenvalue weighted by Crippen LogP contribution is -2.28. The Morgan fingerprint density at radius 1 is 1.40 bits per heavy atom. The molecule has 15 heavy (non-hydrogen) atoms. The highest BCUT2D eigenvalue weighted by molar-refractivity contribution is 8.13. The summed E-state index contributed by atoms with van der Waals surface area (Å²) in [5.74, 6) is 1.01. The van der Waals surface area contributed by atoms with Crippen molar-refractivity contribution in [3.8, 4) is 0 Å². The van der Waals surface area contributed by atoms with Crippen LogP contribution in [0.2, 0.25) is 0 Å². The Morgan fingerprint density at radius 3 is 2.87 bits per heavy atom. The number of aliphatic imine (C=N–C) groups is 1. The number of benzene rings is 1. The molecule has 0 unspecified atom stereocenters. The highest BCUT2D eigenvalue weighted by Gasteiger charge is 2.29. The third kappa shape index (κ3) is 2.09. The number of hydrogen-bond acceptors (Lipinski definition) is 4. The molecule has 1 heterocycles. The summed E-state index contributed by atoms with van der Waals surface area (Å²) in [6.07, 6.45) is 1.00. The van der Waals surface area contributed by atoms with Gasteiger partial charge in [-0.05, 0) is 31.0 Å². The van der Waals surface area contributed by atoms with Gasteiger partial charge in [0.05, 0.1) is 5.54 Å². The van der Waals surface area contributed by atoms with Crippen molar-refractivity contribution in [1.29, 1.82) is 0 Å². The van der Waals surface area contributed by atoms with E-state index >= 15 is 0 Å². The largest absolute Gasteiger partial charge is 0.399 e. The first-order valence-electron chi connectivity index (χ1n) is 4.94. The molecule has 0 aromatic heterocycles. The van der Waals surface area contributed by atoms with E-state index in [1.54, 1.807) is 11.8 Å². The van der Waals surface area contributed by atoms with E-state index in [9.17, 15) is 0 Å². The van der Waals surface area contributed by atoms with E-state index in [-0.39, 0.29) is 5.54 Å². The summed E-state index contributed by atoms with van der Waals surface area (Å²) in [5, 5.41) is 0.672. The first kappa shape index (κ1) is 10.4. The quantitative estimate of drug-likeness (QED) is 0.712. The Morgan fingerprint density at radius 2 is 2.20 bits per heavy atom. The van der Waals surface area contributed by atoms with Crippen LogP contribution in [0.15, 0.2) is 29.3 Å². The van der Waals surface area contributed by atoms with Crippen LogP contribution >= 0.6 is 11.8 Å². The third-order valence-corrected chi connectivity index (χ3v) is 3.50. The van der Waals surface area contributed by atoms with Gasteiger partial charge >= 0.3 is 0 Å². The maximum atomic E-state index is 5.77. The van der Waals surface area contributed by atoms with Gasteiger partial charge < -0.3 is 11.5 Å². The average molecular weight is 221 g/mol. The fourth-order valence-electron chi connectivity index (χ4n) is 1.77. The van der Waals surface area contributed by atoms with E-state index in [0.29, 0.717) is 5.17 Å². The van der Waals surface area contributed by atoms with Crippen molar-refractivity contribution >= 4 is 22.6 Å². The average Bonchev–Trinajstić information content (AvgIpc) is 2.17. The van der Waals surface area contributed by atoms with Gasteiger partial charge in [0.25, 0.3) is 0 Å². The number of rotatable bonds is 1. The molecule has 0 aliphatic carbocycles. The van der Waals surface area contributed by atoms with Gasteiger partial charge in [-0.3, -0.25) is 4.99 Å². The fraction of sp³-hybridized carbons (Fsp3) is 0.364. The van der Waals surface area contributed by atoms with Gasteiger partial charge in [0, 0.05) is 11.4 Å². The fourth-order valence-corrected chi connectivity index (χ4v) is 2.74. The summed E-state index contributed by atoms with van der Waals surface area (Å²) >= 11 is 1.62. The molecule has 1 aromatic rings. The smallest absolute Gasteiger partial charge is 0.154 e. The second kappa shape index (κ2) is 3.77. The summed E-state index contributed by atoms with van der Waals surface area (Å²) in [6.45, 7) is 2.11. The number of anilines is 1. The number of amidine groups is 1. The van der Waals surface area contributed by atoms with Gasteiger partial charge in [-0.1, -0.05) is 23.9 Å². The number of nitrogen functional groups attached to an aromatic ring is 1. The molecule has 80 valence electrons. The minimum atomic E-state index is -0.204. The minimum Gasteiger partial charge on any atom is -0.399 e. The predicted molar refractivity (Wildman–Crippen MR) is 66.9 cm³/mol. The van der Waals surface area contributed by atoms with Gasteiger partial charge in [0.2, 0.25) is 0 Å². The number of hydrogen-bond donors (Lipinski definition) is 2. The lowest BCUT2D eigenvalue weighted by atomic mass is 9.89. The molecule has 0 radical (unpaired) electrons. The molecule has 0 amide bonds. The number of nitrogens with zero attached hydrogens (tertiary/aromatic N) is 1. The molecular formula is C11H15N3S. The van der Waals surface area contributed by atoms with Crippen molar-refractivity contribution in [3.05, 3.63) is 29.8 Å². The van der Waals surface area contributed by atoms with Crippen molar-refractivity contribution in [1.82, 2.24) is 0 Å². The monoisotopic (exact) mass is 221 g/mol. The third-order valence-electron chi connectivity index (χ3n) is 2.70. The van der Waals surface area contributed by atoms with Gasteiger partial charge in [-0.25, -0.2) is 0 Å². The van der Waals surface area contributed by atoms with Crippen molar-refractivity contribution in [2.45, 2.75) is 18.9 Å². The first-order valence-corrected chi connectivity index (χ1v) is 5.93. The molecule has 4 heteroatoms. The van der Waals surface area contributed by atoms with Gasteiger partial charge in [0.1, 0.15) is 0 Å². The molecule has 1 aliphatic heterocycles. The second-order valence-electron chi connectivity index (χ2n) is 3.95. The standard InChI is InChI=1S/C11H15N3S/c1-11(5-6-15-10(13)14-11)8-3-2-4-9(12)7-8/h2-4,7H,5-6,12H2,1H3,(H2,13,14)/t11-/m0/s1. The summed E-state index contributed by atoms with van der Waals surface area (Å²) in [7, 11) is 0.